The molecule has 6 aromatic rings. The molecular weight excluding hydrogens is 825 g/mol. The van der Waals surface area contributed by atoms with Crippen LogP contribution in [0, 0.1) is 5.92 Å². The fourth-order valence-electron chi connectivity index (χ4n) is 8.82. The van der Waals surface area contributed by atoms with Crippen molar-refractivity contribution in [3.63, 3.8) is 0 Å². The number of pyridine rings is 1. The maximum absolute atomic E-state index is 12.6. The summed E-state index contributed by atoms with van der Waals surface area (Å²) in [6.07, 6.45) is 12.7. The fourth-order valence-corrected chi connectivity index (χ4v) is 10.1. The summed E-state index contributed by atoms with van der Waals surface area (Å²) < 4.78 is 15.3. The van der Waals surface area contributed by atoms with Gasteiger partial charge in [-0.1, -0.05) is 150 Å². The average molecular weight is 897 g/mol. The summed E-state index contributed by atoms with van der Waals surface area (Å²) in [5.74, 6) is 1.63. The number of ether oxygens (including phenoxy) is 1. The Hall–Kier alpha value is -4.91. The predicted octanol–water partition coefficient (Wildman–Crippen LogP) is 10.8. The van der Waals surface area contributed by atoms with Gasteiger partial charge in [-0.3, -0.25) is 9.48 Å². The zero-order chi connectivity index (χ0) is 45.7. The molecule has 346 valence electrons. The molecule has 0 aliphatic carbocycles. The van der Waals surface area contributed by atoms with Gasteiger partial charge in [-0.15, -0.1) is 0 Å². The van der Waals surface area contributed by atoms with E-state index < -0.39 is 13.9 Å². The van der Waals surface area contributed by atoms with Gasteiger partial charge < -0.3 is 29.5 Å². The van der Waals surface area contributed by atoms with Gasteiger partial charge in [0.1, 0.15) is 18.7 Å². The van der Waals surface area contributed by atoms with Crippen LogP contribution in [0.25, 0.3) is 10.9 Å². The summed E-state index contributed by atoms with van der Waals surface area (Å²) in [6, 6.07) is 37.2. The van der Waals surface area contributed by atoms with Crippen molar-refractivity contribution in [2.75, 3.05) is 32.7 Å². The highest BCUT2D eigenvalue weighted by molar-refractivity contribution is 6.74. The summed E-state index contributed by atoms with van der Waals surface area (Å²) in [6.45, 7) is 17.8. The van der Waals surface area contributed by atoms with Crippen LogP contribution < -0.4 is 15.6 Å². The van der Waals surface area contributed by atoms with Crippen LogP contribution in [0.15, 0.2) is 126 Å². The third-order valence-corrected chi connectivity index (χ3v) is 18.3. The molecule has 1 aliphatic rings. The van der Waals surface area contributed by atoms with Crippen LogP contribution in [0.3, 0.4) is 0 Å². The Morgan fingerprint density at radius 2 is 1.42 bits per heavy atom. The first-order chi connectivity index (χ1) is 31.4. The minimum Gasteiger partial charge on any atom is -0.487 e. The molecule has 1 fully saturated rings. The zero-order valence-electron chi connectivity index (χ0n) is 39.5. The first kappa shape index (κ1) is 48.0. The highest BCUT2D eigenvalue weighted by Crippen LogP contribution is 2.41. The van der Waals surface area contributed by atoms with Gasteiger partial charge in [0.15, 0.2) is 19.7 Å². The number of benzene rings is 4. The molecule has 10 nitrogen and oxygen atoms in total. The van der Waals surface area contributed by atoms with Crippen molar-refractivity contribution in [1.29, 1.82) is 0 Å². The van der Waals surface area contributed by atoms with Gasteiger partial charge in [0, 0.05) is 24.5 Å². The van der Waals surface area contributed by atoms with Crippen LogP contribution in [0.5, 0.6) is 5.75 Å². The summed E-state index contributed by atoms with van der Waals surface area (Å²) in [4.78, 5) is 22.9. The molecule has 0 radical (unpaired) electrons. The second kappa shape index (κ2) is 22.5. The van der Waals surface area contributed by atoms with Crippen LogP contribution in [-0.2, 0) is 23.2 Å². The Bertz CT molecular complexity index is 2370. The summed E-state index contributed by atoms with van der Waals surface area (Å²) >= 11 is 0. The van der Waals surface area contributed by atoms with Crippen molar-refractivity contribution in [3.8, 4) is 5.75 Å². The van der Waals surface area contributed by atoms with Crippen molar-refractivity contribution in [2.24, 2.45) is 5.92 Å². The molecule has 4 aromatic carbocycles. The fraction of sp³-hybridized carbons (Fsp3) is 0.463. The number of nitrogens with one attached hydrogen (secondary N) is 2. The standard InChI is InChI=1S/C54H72N6O4Si/c1-53(2,3)65(4,5)64-49(46-28-30-48(51-47(46)29-31-50(61)57-51)63-40-43-22-14-11-15-23-43)38-55-34-20-9-7-6-8-10-21-35-59-36-32-42(33-37-59)39-60-41-56-52(58-60)54(62,44-24-16-12-17-25-44)45-26-18-13-19-27-45/h11-19,22-31,41-42,49,55,62H,6-10,20-21,32-40H2,1-5H3,(H,57,61). The first-order valence-corrected chi connectivity index (χ1v) is 27.0. The van der Waals surface area contributed by atoms with Gasteiger partial charge >= 0.3 is 0 Å². The monoisotopic (exact) mass is 897 g/mol. The zero-order valence-corrected chi connectivity index (χ0v) is 40.5. The molecule has 0 amide bonds. The number of piperidine rings is 1. The summed E-state index contributed by atoms with van der Waals surface area (Å²) in [7, 11) is -2.13. The van der Waals surface area contributed by atoms with Crippen LogP contribution >= 0.6 is 0 Å². The predicted molar refractivity (Wildman–Crippen MR) is 266 cm³/mol. The van der Waals surface area contributed by atoms with Gasteiger partial charge in [0.05, 0.1) is 11.6 Å². The van der Waals surface area contributed by atoms with E-state index in [1.165, 1.54) is 45.1 Å². The lowest BCUT2D eigenvalue weighted by Gasteiger charge is -2.39. The van der Waals surface area contributed by atoms with E-state index in [0.717, 1.165) is 73.1 Å². The topological polar surface area (TPSA) is 118 Å². The Kier molecular flexibility index (Phi) is 16.6. The number of aliphatic hydroxyl groups is 1. The Morgan fingerprint density at radius 3 is 2.06 bits per heavy atom. The maximum atomic E-state index is 12.6. The van der Waals surface area contributed by atoms with Crippen LogP contribution in [0.4, 0.5) is 0 Å². The number of aromatic nitrogens is 4. The molecule has 1 unspecified atom stereocenters. The second-order valence-corrected chi connectivity index (χ2v) is 24.4. The molecule has 65 heavy (non-hydrogen) atoms. The minimum atomic E-state index is -2.13. The Balaban J connectivity index is 0.806. The van der Waals surface area contributed by atoms with Crippen LogP contribution in [0.1, 0.15) is 113 Å². The van der Waals surface area contributed by atoms with E-state index in [0.29, 0.717) is 36.2 Å². The molecule has 2 aromatic heterocycles. The van der Waals surface area contributed by atoms with Crippen molar-refractivity contribution < 1.29 is 14.3 Å². The number of unbranched alkanes of at least 4 members (excludes halogenated alkanes) is 6. The molecule has 1 saturated heterocycles. The van der Waals surface area contributed by atoms with Gasteiger partial charge in [0.2, 0.25) is 5.56 Å². The first-order valence-electron chi connectivity index (χ1n) is 24.1. The van der Waals surface area contributed by atoms with E-state index in [2.05, 4.69) is 60.1 Å². The minimum absolute atomic E-state index is 0.0547. The van der Waals surface area contributed by atoms with Gasteiger partial charge in [0.25, 0.3) is 0 Å². The lowest BCUT2D eigenvalue weighted by molar-refractivity contribution is 0.114. The second-order valence-electron chi connectivity index (χ2n) is 19.6. The number of fused-ring (bicyclic) bond motifs is 1. The van der Waals surface area contributed by atoms with E-state index in [-0.39, 0.29) is 16.7 Å². The Morgan fingerprint density at radius 1 is 0.800 bits per heavy atom. The Labute approximate surface area is 388 Å². The number of rotatable bonds is 23. The highest BCUT2D eigenvalue weighted by Gasteiger charge is 2.40. The molecule has 7 rings (SSSR count). The number of aromatic amines is 1. The molecule has 0 spiro atoms. The SMILES string of the molecule is CC(C)(C)[Si](C)(C)OC(CNCCCCCCCCCN1CCC(Cn2cnc(C(O)(c3ccccc3)c3ccccc3)n2)CC1)c1ccc(OCc2ccccc2)c2[nH]c(=O)ccc12. The molecule has 0 saturated carbocycles. The van der Waals surface area contributed by atoms with E-state index in [4.69, 9.17) is 14.3 Å². The maximum Gasteiger partial charge on any atom is 0.248 e. The van der Waals surface area contributed by atoms with Crippen molar-refractivity contribution in [2.45, 2.75) is 122 Å². The van der Waals surface area contributed by atoms with E-state index in [9.17, 15) is 9.90 Å². The summed E-state index contributed by atoms with van der Waals surface area (Å²) in [5, 5.41) is 21.7. The number of H-pyrrole nitrogens is 1. The molecule has 0 bridgehead atoms. The average Bonchev–Trinajstić information content (AvgIpc) is 3.79. The van der Waals surface area contributed by atoms with Crippen molar-refractivity contribution in [3.05, 3.63) is 160 Å². The number of nitrogens with zero attached hydrogens (tertiary/aromatic N) is 4. The van der Waals surface area contributed by atoms with E-state index in [1.807, 2.05) is 108 Å². The van der Waals surface area contributed by atoms with Crippen LogP contribution in [-0.4, -0.2) is 70.8 Å². The lowest BCUT2D eigenvalue weighted by atomic mass is 9.86. The molecule has 1 atom stereocenters. The number of hydrogen-bond acceptors (Lipinski definition) is 8. The third kappa shape index (κ3) is 12.7. The van der Waals surface area contributed by atoms with E-state index in [1.54, 1.807) is 12.4 Å². The lowest BCUT2D eigenvalue weighted by Crippen LogP contribution is -2.43. The van der Waals surface area contributed by atoms with Gasteiger partial charge in [-0.2, -0.15) is 5.10 Å². The number of hydrogen-bond donors (Lipinski definition) is 3. The molecule has 1 aliphatic heterocycles. The third-order valence-electron chi connectivity index (χ3n) is 13.8. The highest BCUT2D eigenvalue weighted by atomic mass is 28.4. The van der Waals surface area contributed by atoms with E-state index >= 15 is 0 Å². The van der Waals surface area contributed by atoms with Crippen molar-refractivity contribution >= 4 is 19.2 Å². The van der Waals surface area contributed by atoms with Crippen LogP contribution in [0.2, 0.25) is 18.1 Å². The van der Waals surface area contributed by atoms with Gasteiger partial charge in [-0.25, -0.2) is 4.98 Å². The number of likely N-dealkylation sites (tertiary alicyclic amines) is 1. The normalized spacial score (nSPS) is 14.8. The molecule has 3 heterocycles. The summed E-state index contributed by atoms with van der Waals surface area (Å²) in [5.41, 5.74) is 2.83. The van der Waals surface area contributed by atoms with Crippen molar-refractivity contribution in [1.82, 2.24) is 30.0 Å². The molecule has 11 heteroatoms. The molecular formula is C54H72N6O4Si. The smallest absolute Gasteiger partial charge is 0.248 e. The largest absolute Gasteiger partial charge is 0.487 e. The molecule has 3 N–H and O–H groups in total. The quantitative estimate of drug-likeness (QED) is 0.0430. The van der Waals surface area contributed by atoms with Gasteiger partial charge in [-0.05, 0) is 110 Å².